The van der Waals surface area contributed by atoms with Crippen LogP contribution in [0, 0.1) is 29.1 Å². The van der Waals surface area contributed by atoms with Crippen molar-refractivity contribution in [3.05, 3.63) is 29.1 Å². The van der Waals surface area contributed by atoms with E-state index in [-0.39, 0.29) is 0 Å². The van der Waals surface area contributed by atoms with Gasteiger partial charge in [0, 0.05) is 0 Å². The van der Waals surface area contributed by atoms with Crippen molar-refractivity contribution in [2.45, 2.75) is 24.4 Å². The van der Waals surface area contributed by atoms with Crippen molar-refractivity contribution in [1.29, 1.82) is 0 Å². The Bertz CT molecular complexity index is 276. The molecule has 0 amide bonds. The maximum absolute atomic E-state index is 12.1. The van der Waals surface area contributed by atoms with Crippen molar-refractivity contribution < 1.29 is 27.1 Å². The zero-order chi connectivity index (χ0) is 13.6. The van der Waals surface area contributed by atoms with Crippen LogP contribution in [0.1, 0.15) is 13.8 Å². The van der Waals surface area contributed by atoms with Gasteiger partial charge in [-0.2, -0.15) is 0 Å². The van der Waals surface area contributed by atoms with Gasteiger partial charge in [-0.3, -0.25) is 0 Å². The molecule has 0 saturated carbocycles. The Morgan fingerprint density at radius 2 is 1.06 bits per heavy atom. The average Bonchev–Trinajstić information content (AvgIpc) is 2.33. The molecule has 1 nitrogen and oxygen atoms in total. The third kappa shape index (κ3) is 4.17. The molecule has 94 valence electrons. The summed E-state index contributed by atoms with van der Waals surface area (Å²) in [5.41, 5.74) is 0. The van der Waals surface area contributed by atoms with Gasteiger partial charge in [0.2, 0.25) is 0 Å². The second kappa shape index (κ2) is 7.51. The van der Waals surface area contributed by atoms with E-state index in [1.807, 2.05) is 0 Å². The van der Waals surface area contributed by atoms with Crippen molar-refractivity contribution >= 4 is 15.2 Å². The fraction of sp³-hybridized carbons (Fsp3) is 0.400. The molecular formula is C10H10AlF5O. The van der Waals surface area contributed by atoms with E-state index in [0.29, 0.717) is 0 Å². The molecule has 0 saturated heterocycles. The first-order valence-electron chi connectivity index (χ1n) is 4.88. The van der Waals surface area contributed by atoms with Crippen LogP contribution in [0.15, 0.2) is 0 Å². The van der Waals surface area contributed by atoms with Crippen molar-refractivity contribution in [2.24, 2.45) is 0 Å². The minimum atomic E-state index is -2.33. The third-order valence-electron chi connectivity index (χ3n) is 1.75. The SMILES string of the molecule is C[CH2][Al+][CH2]C.[O-]c1c(F)c(F)c(F)c(F)c1F. The molecule has 0 radical (unpaired) electrons. The summed E-state index contributed by atoms with van der Waals surface area (Å²) < 4.78 is 60.4. The van der Waals surface area contributed by atoms with Gasteiger partial charge in [0.1, 0.15) is 0 Å². The smallest absolute Gasteiger partial charge is 0.200 e. The molecule has 0 aliphatic rings. The zero-order valence-corrected chi connectivity index (χ0v) is 10.4. The van der Waals surface area contributed by atoms with Gasteiger partial charge in [0.05, 0.1) is 0 Å². The molecule has 17 heavy (non-hydrogen) atoms. The normalized spacial score (nSPS) is 9.35. The van der Waals surface area contributed by atoms with Crippen LogP contribution in [0.2, 0.25) is 10.6 Å². The molecule has 0 heterocycles. The number of halogens is 5. The van der Waals surface area contributed by atoms with Gasteiger partial charge in [0.25, 0.3) is 0 Å². The van der Waals surface area contributed by atoms with Gasteiger partial charge in [0.15, 0.2) is 29.1 Å². The topological polar surface area (TPSA) is 23.1 Å². The minimum Gasteiger partial charge on any atom is -0.868 e. The maximum Gasteiger partial charge on any atom is 0.200 e. The minimum absolute atomic E-state index is 0.815. The molecule has 7 heteroatoms. The standard InChI is InChI=1S/C6HF5O.2C2H5.Al/c7-1-2(8)4(10)6(12)5(11)3(1)9;2*1-2;/h12H;2*1H2,2H3;/q;;;+1/p-1. The zero-order valence-electron chi connectivity index (χ0n) is 9.29. The van der Waals surface area contributed by atoms with Gasteiger partial charge >= 0.3 is 39.6 Å². The molecule has 0 bridgehead atoms. The summed E-state index contributed by atoms with van der Waals surface area (Å²) >= 11 is 0.815. The van der Waals surface area contributed by atoms with E-state index in [2.05, 4.69) is 13.8 Å². The van der Waals surface area contributed by atoms with Crippen molar-refractivity contribution in [3.63, 3.8) is 0 Å². The van der Waals surface area contributed by atoms with E-state index in [9.17, 15) is 27.1 Å². The fourth-order valence-corrected chi connectivity index (χ4v) is 1.45. The van der Waals surface area contributed by atoms with Gasteiger partial charge in [-0.15, -0.1) is 0 Å². The van der Waals surface area contributed by atoms with E-state index in [1.165, 1.54) is 10.6 Å². The summed E-state index contributed by atoms with van der Waals surface area (Å²) in [6.45, 7) is 4.50. The summed E-state index contributed by atoms with van der Waals surface area (Å²) in [5, 5.41) is 13.0. The maximum atomic E-state index is 12.1. The molecule has 0 aliphatic carbocycles. The molecule has 0 spiro atoms. The van der Waals surface area contributed by atoms with Gasteiger partial charge < -0.3 is 5.11 Å². The molecule has 1 aromatic rings. The Kier molecular flexibility index (Phi) is 7.16. The van der Waals surface area contributed by atoms with E-state index in [0.717, 1.165) is 15.2 Å². The van der Waals surface area contributed by atoms with Crippen molar-refractivity contribution in [2.75, 3.05) is 0 Å². The second-order valence-electron chi connectivity index (χ2n) is 3.00. The summed E-state index contributed by atoms with van der Waals surface area (Å²) in [6, 6.07) is 0. The Morgan fingerprint density at radius 3 is 1.29 bits per heavy atom. The Labute approximate surface area is 102 Å². The molecule has 1 aromatic carbocycles. The third-order valence-corrected chi connectivity index (χ3v) is 2.90. The predicted octanol–water partition coefficient (Wildman–Crippen LogP) is 3.02. The Morgan fingerprint density at radius 1 is 0.765 bits per heavy atom. The quantitative estimate of drug-likeness (QED) is 0.350. The summed E-state index contributed by atoms with van der Waals surface area (Å²) in [5.74, 6) is -13.6. The molecule has 0 aromatic heterocycles. The predicted molar refractivity (Wildman–Crippen MR) is 52.4 cm³/mol. The van der Waals surface area contributed by atoms with Crippen LogP contribution in [0.3, 0.4) is 0 Å². The molecule has 0 N–H and O–H groups in total. The summed E-state index contributed by atoms with van der Waals surface area (Å²) in [7, 11) is 0. The average molecular weight is 268 g/mol. The van der Waals surface area contributed by atoms with Gasteiger partial charge in [-0.05, 0) is 5.75 Å². The van der Waals surface area contributed by atoms with E-state index < -0.39 is 34.8 Å². The number of hydrogen-bond donors (Lipinski definition) is 0. The Hall–Kier alpha value is -0.798. The van der Waals surface area contributed by atoms with Crippen LogP contribution in [0.25, 0.3) is 0 Å². The van der Waals surface area contributed by atoms with Gasteiger partial charge in [-0.1, -0.05) is 0 Å². The molecule has 1 rings (SSSR count). The van der Waals surface area contributed by atoms with Crippen molar-refractivity contribution in [3.8, 4) is 5.75 Å². The second-order valence-corrected chi connectivity index (χ2v) is 5.21. The molecular weight excluding hydrogens is 258 g/mol. The van der Waals surface area contributed by atoms with Crippen LogP contribution >= 0.6 is 0 Å². The summed E-state index contributed by atoms with van der Waals surface area (Å²) in [4.78, 5) is 0. The summed E-state index contributed by atoms with van der Waals surface area (Å²) in [6.07, 6.45) is 0. The van der Waals surface area contributed by atoms with E-state index >= 15 is 0 Å². The van der Waals surface area contributed by atoms with Crippen LogP contribution in [0.5, 0.6) is 5.75 Å². The van der Waals surface area contributed by atoms with Crippen LogP contribution in [-0.4, -0.2) is 15.2 Å². The first kappa shape index (κ1) is 16.2. The van der Waals surface area contributed by atoms with Crippen LogP contribution in [-0.2, 0) is 0 Å². The van der Waals surface area contributed by atoms with E-state index in [1.54, 1.807) is 0 Å². The number of rotatable bonds is 2. The molecule has 0 fully saturated rings. The first-order chi connectivity index (χ1) is 7.88. The molecule has 0 aliphatic heterocycles. The van der Waals surface area contributed by atoms with Crippen LogP contribution in [0.4, 0.5) is 22.0 Å². The Balaban J connectivity index is 0.000000437. The monoisotopic (exact) mass is 268 g/mol. The van der Waals surface area contributed by atoms with Gasteiger partial charge in [-0.25, -0.2) is 22.0 Å². The van der Waals surface area contributed by atoms with E-state index in [4.69, 9.17) is 0 Å². The van der Waals surface area contributed by atoms with Crippen molar-refractivity contribution in [1.82, 2.24) is 0 Å². The fourth-order valence-electron chi connectivity index (χ4n) is 0.873. The largest absolute Gasteiger partial charge is 0.868 e. The number of benzene rings is 1. The number of hydrogen-bond acceptors (Lipinski definition) is 1. The molecule has 0 unspecified atom stereocenters. The molecule has 0 atom stereocenters. The first-order valence-corrected chi connectivity index (χ1v) is 6.51. The van der Waals surface area contributed by atoms with Crippen LogP contribution < -0.4 is 5.11 Å².